The van der Waals surface area contributed by atoms with Gasteiger partial charge in [0.05, 0.1) is 17.9 Å². The molecule has 3 fully saturated rings. The number of nitrogens with one attached hydrogen (secondary N) is 1. The van der Waals surface area contributed by atoms with Crippen molar-refractivity contribution < 1.29 is 4.79 Å². The Morgan fingerprint density at radius 1 is 1.06 bits per heavy atom. The van der Waals surface area contributed by atoms with Crippen molar-refractivity contribution in [3.63, 3.8) is 0 Å². The third kappa shape index (κ3) is 4.02. The van der Waals surface area contributed by atoms with Gasteiger partial charge in [-0.3, -0.25) is 14.7 Å². The normalized spacial score (nSPS) is 27.5. The first-order valence-electron chi connectivity index (χ1n) is 12.7. The van der Waals surface area contributed by atoms with E-state index in [1.54, 1.807) is 0 Å². The van der Waals surface area contributed by atoms with Crippen molar-refractivity contribution in [1.29, 1.82) is 0 Å². The van der Waals surface area contributed by atoms with Crippen molar-refractivity contribution >= 4 is 28.3 Å². The smallest absolute Gasteiger partial charge is 0.210 e. The van der Waals surface area contributed by atoms with E-state index >= 15 is 0 Å². The Bertz CT molecular complexity index is 1120. The number of pyridine rings is 2. The van der Waals surface area contributed by atoms with Crippen LogP contribution in [-0.4, -0.2) is 81.5 Å². The summed E-state index contributed by atoms with van der Waals surface area (Å²) in [6.07, 6.45) is 14.3. The fourth-order valence-electron chi connectivity index (χ4n) is 6.59. The number of piperidine rings is 2. The SMILES string of the molecule is O=CN1CCC(c2ccnc3cnc4[nH]ccc4c23)CC1N1CCCC(CN2CCCC2)C1. The highest BCUT2D eigenvalue weighted by Gasteiger charge is 2.36. The minimum Gasteiger partial charge on any atom is -0.346 e. The van der Waals surface area contributed by atoms with E-state index in [-0.39, 0.29) is 6.17 Å². The average molecular weight is 447 g/mol. The van der Waals surface area contributed by atoms with Crippen LogP contribution in [0.1, 0.15) is 50.0 Å². The second kappa shape index (κ2) is 9.03. The maximum absolute atomic E-state index is 12.0. The van der Waals surface area contributed by atoms with Gasteiger partial charge in [-0.1, -0.05) is 0 Å². The largest absolute Gasteiger partial charge is 0.346 e. The first kappa shape index (κ1) is 21.1. The molecule has 174 valence electrons. The number of nitrogens with zero attached hydrogens (tertiary/aromatic N) is 5. The third-order valence-corrected chi connectivity index (χ3v) is 8.20. The molecule has 6 rings (SSSR count). The maximum atomic E-state index is 12.0. The first-order chi connectivity index (χ1) is 16.3. The van der Waals surface area contributed by atoms with Gasteiger partial charge in [-0.15, -0.1) is 0 Å². The van der Waals surface area contributed by atoms with Crippen LogP contribution in [0, 0.1) is 5.92 Å². The fraction of sp³-hybridized carbons (Fsp3) is 0.577. The Labute approximate surface area is 195 Å². The standard InChI is InChI=1S/C26H34N6O/c33-18-32-13-7-20(21-5-8-27-23-15-29-26-22(25(21)23)6-9-28-26)14-24(32)31-12-3-4-19(17-31)16-30-10-1-2-11-30/h5-6,8-9,15,18-20,24H,1-4,7,10-14,16-17H2,(H,28,29). The number of carbonyl (C=O) groups is 1. The molecule has 0 spiro atoms. The molecule has 3 aliphatic heterocycles. The zero-order valence-corrected chi connectivity index (χ0v) is 19.3. The van der Waals surface area contributed by atoms with E-state index in [1.165, 1.54) is 56.3 Å². The van der Waals surface area contributed by atoms with Gasteiger partial charge in [0.1, 0.15) is 5.65 Å². The summed E-state index contributed by atoms with van der Waals surface area (Å²) in [5, 5.41) is 2.37. The van der Waals surface area contributed by atoms with Crippen molar-refractivity contribution in [2.45, 2.75) is 50.6 Å². The molecule has 3 aliphatic rings. The van der Waals surface area contributed by atoms with Gasteiger partial charge in [0.2, 0.25) is 6.41 Å². The lowest BCUT2D eigenvalue weighted by atomic mass is 9.84. The summed E-state index contributed by atoms with van der Waals surface area (Å²) in [5.74, 6) is 1.13. The van der Waals surface area contributed by atoms with Crippen LogP contribution in [0.2, 0.25) is 0 Å². The molecule has 6 heterocycles. The Kier molecular flexibility index (Phi) is 5.76. The summed E-state index contributed by atoms with van der Waals surface area (Å²) in [5.41, 5.74) is 3.23. The summed E-state index contributed by atoms with van der Waals surface area (Å²) in [6.45, 7) is 6.78. The summed E-state index contributed by atoms with van der Waals surface area (Å²) in [6, 6.07) is 4.31. The van der Waals surface area contributed by atoms with Gasteiger partial charge in [0.15, 0.2) is 0 Å². The molecule has 0 bridgehead atoms. The van der Waals surface area contributed by atoms with Crippen molar-refractivity contribution in [3.05, 3.63) is 36.3 Å². The van der Waals surface area contributed by atoms with Crippen molar-refractivity contribution in [1.82, 2.24) is 29.7 Å². The van der Waals surface area contributed by atoms with Crippen molar-refractivity contribution in [2.75, 3.05) is 39.3 Å². The molecule has 3 saturated heterocycles. The van der Waals surface area contributed by atoms with Gasteiger partial charge in [-0.05, 0) is 81.1 Å². The number of likely N-dealkylation sites (tertiary alicyclic amines) is 3. The lowest BCUT2D eigenvalue weighted by molar-refractivity contribution is -0.128. The summed E-state index contributed by atoms with van der Waals surface area (Å²) < 4.78 is 0. The molecule has 3 unspecified atom stereocenters. The second-order valence-corrected chi connectivity index (χ2v) is 10.2. The van der Waals surface area contributed by atoms with Gasteiger partial charge in [-0.25, -0.2) is 4.98 Å². The van der Waals surface area contributed by atoms with Gasteiger partial charge >= 0.3 is 0 Å². The molecular formula is C26H34N6O. The number of H-pyrrole nitrogens is 1. The predicted octanol–water partition coefficient (Wildman–Crippen LogP) is 3.58. The topological polar surface area (TPSA) is 68.4 Å². The van der Waals surface area contributed by atoms with Crippen LogP contribution in [0.15, 0.2) is 30.7 Å². The first-order valence-corrected chi connectivity index (χ1v) is 12.7. The van der Waals surface area contributed by atoms with Crippen LogP contribution in [0.4, 0.5) is 0 Å². The van der Waals surface area contributed by atoms with Gasteiger partial charge in [0.25, 0.3) is 0 Å². The summed E-state index contributed by atoms with van der Waals surface area (Å²) in [7, 11) is 0. The second-order valence-electron chi connectivity index (χ2n) is 10.2. The highest BCUT2D eigenvalue weighted by molar-refractivity contribution is 6.05. The molecule has 0 saturated carbocycles. The number of carbonyl (C=O) groups excluding carboxylic acids is 1. The van der Waals surface area contributed by atoms with E-state index in [0.717, 1.165) is 61.4 Å². The van der Waals surface area contributed by atoms with E-state index in [1.807, 2.05) is 18.6 Å². The Morgan fingerprint density at radius 3 is 2.85 bits per heavy atom. The van der Waals surface area contributed by atoms with Crippen LogP contribution in [-0.2, 0) is 4.79 Å². The van der Waals surface area contributed by atoms with E-state index < -0.39 is 0 Å². The lowest BCUT2D eigenvalue weighted by Gasteiger charge is -2.47. The van der Waals surface area contributed by atoms with Crippen LogP contribution < -0.4 is 0 Å². The maximum Gasteiger partial charge on any atom is 0.210 e. The zero-order valence-electron chi connectivity index (χ0n) is 19.3. The highest BCUT2D eigenvalue weighted by atomic mass is 16.1. The van der Waals surface area contributed by atoms with Gasteiger partial charge in [0, 0.05) is 49.3 Å². The predicted molar refractivity (Wildman–Crippen MR) is 130 cm³/mol. The van der Waals surface area contributed by atoms with Crippen LogP contribution >= 0.6 is 0 Å². The quantitative estimate of drug-likeness (QED) is 0.607. The summed E-state index contributed by atoms with van der Waals surface area (Å²) in [4.78, 5) is 31.7. The number of fused-ring (bicyclic) bond motifs is 3. The monoisotopic (exact) mass is 446 g/mol. The van der Waals surface area contributed by atoms with E-state index in [4.69, 9.17) is 0 Å². The number of amides is 1. The molecule has 0 aliphatic carbocycles. The Balaban J connectivity index is 1.26. The Morgan fingerprint density at radius 2 is 1.97 bits per heavy atom. The van der Waals surface area contributed by atoms with Crippen molar-refractivity contribution in [3.8, 4) is 0 Å². The summed E-state index contributed by atoms with van der Waals surface area (Å²) >= 11 is 0. The molecule has 1 amide bonds. The third-order valence-electron chi connectivity index (χ3n) is 8.20. The number of hydrogen-bond acceptors (Lipinski definition) is 5. The van der Waals surface area contributed by atoms with Crippen LogP contribution in [0.5, 0.6) is 0 Å². The minimum absolute atomic E-state index is 0.189. The molecule has 7 nitrogen and oxygen atoms in total. The zero-order chi connectivity index (χ0) is 22.2. The molecule has 3 aromatic rings. The van der Waals surface area contributed by atoms with Crippen LogP contribution in [0.25, 0.3) is 21.9 Å². The van der Waals surface area contributed by atoms with E-state index in [9.17, 15) is 4.79 Å². The van der Waals surface area contributed by atoms with Crippen LogP contribution in [0.3, 0.4) is 0 Å². The van der Waals surface area contributed by atoms with E-state index in [2.05, 4.69) is 41.8 Å². The minimum atomic E-state index is 0.189. The molecule has 3 atom stereocenters. The number of aromatic amines is 1. The van der Waals surface area contributed by atoms with Gasteiger partial charge < -0.3 is 14.8 Å². The average Bonchev–Trinajstić information content (AvgIpc) is 3.55. The van der Waals surface area contributed by atoms with Gasteiger partial charge in [-0.2, -0.15) is 0 Å². The molecule has 7 heteroatoms. The number of hydrogen-bond donors (Lipinski definition) is 1. The number of aromatic nitrogens is 3. The van der Waals surface area contributed by atoms with Crippen molar-refractivity contribution in [2.24, 2.45) is 5.92 Å². The highest BCUT2D eigenvalue weighted by Crippen LogP contribution is 2.38. The fourth-order valence-corrected chi connectivity index (χ4v) is 6.59. The number of rotatable bonds is 5. The van der Waals surface area contributed by atoms with E-state index in [0.29, 0.717) is 5.92 Å². The molecule has 1 N–H and O–H groups in total. The lowest BCUT2D eigenvalue weighted by Crippen LogP contribution is -2.55. The molecule has 0 radical (unpaired) electrons. The Hall–Kier alpha value is -2.51. The molecule has 0 aromatic carbocycles. The molecular weight excluding hydrogens is 412 g/mol. The molecule has 3 aromatic heterocycles. The molecule has 33 heavy (non-hydrogen) atoms.